The van der Waals surface area contributed by atoms with Gasteiger partial charge in [-0.2, -0.15) is 4.98 Å². The highest BCUT2D eigenvalue weighted by atomic mass is 32.2. The van der Waals surface area contributed by atoms with Crippen LogP contribution in [0, 0.1) is 12.3 Å². The molecule has 0 bridgehead atoms. The van der Waals surface area contributed by atoms with Crippen LogP contribution in [0.15, 0.2) is 11.2 Å². The Morgan fingerprint density at radius 1 is 1.60 bits per heavy atom. The lowest BCUT2D eigenvalue weighted by Crippen LogP contribution is -2.02. The molecule has 1 aromatic heterocycles. The van der Waals surface area contributed by atoms with E-state index in [0.717, 1.165) is 5.82 Å². The summed E-state index contributed by atoms with van der Waals surface area (Å²) in [6, 6.07) is 1.75. The smallest absolute Gasteiger partial charge is 0.219 e. The van der Waals surface area contributed by atoms with Crippen molar-refractivity contribution in [2.75, 3.05) is 25.2 Å². The minimum Gasteiger partial charge on any atom is -0.476 e. The SMILES string of the molecule is C#CCCOc1cc(NC)nc(SC)n1. The number of rotatable bonds is 5. The van der Waals surface area contributed by atoms with Crippen LogP contribution in [0.4, 0.5) is 5.82 Å². The van der Waals surface area contributed by atoms with Crippen molar-refractivity contribution in [1.82, 2.24) is 9.97 Å². The molecule has 1 N–H and O–H groups in total. The fourth-order valence-corrected chi connectivity index (χ4v) is 1.28. The highest BCUT2D eigenvalue weighted by molar-refractivity contribution is 7.98. The molecule has 0 aliphatic carbocycles. The third kappa shape index (κ3) is 3.68. The molecule has 1 aromatic rings. The van der Waals surface area contributed by atoms with E-state index in [-0.39, 0.29) is 0 Å². The largest absolute Gasteiger partial charge is 0.476 e. The van der Waals surface area contributed by atoms with Gasteiger partial charge in [0, 0.05) is 19.5 Å². The first kappa shape index (κ1) is 11.7. The lowest BCUT2D eigenvalue weighted by atomic mass is 10.5. The molecule has 15 heavy (non-hydrogen) atoms. The molecule has 5 heteroatoms. The molecular formula is C10H13N3OS. The van der Waals surface area contributed by atoms with Crippen molar-refractivity contribution < 1.29 is 4.74 Å². The number of nitrogens with one attached hydrogen (secondary N) is 1. The van der Waals surface area contributed by atoms with Crippen LogP contribution in [0.25, 0.3) is 0 Å². The second kappa shape index (κ2) is 6.14. The molecule has 0 atom stereocenters. The fraction of sp³-hybridized carbons (Fsp3) is 0.400. The highest BCUT2D eigenvalue weighted by Crippen LogP contribution is 2.18. The molecule has 0 saturated heterocycles. The average molecular weight is 223 g/mol. The van der Waals surface area contributed by atoms with Gasteiger partial charge in [0.25, 0.3) is 0 Å². The topological polar surface area (TPSA) is 47.0 Å². The van der Waals surface area contributed by atoms with E-state index < -0.39 is 0 Å². The first-order valence-electron chi connectivity index (χ1n) is 4.47. The quantitative estimate of drug-likeness (QED) is 0.356. The summed E-state index contributed by atoms with van der Waals surface area (Å²) in [4.78, 5) is 8.41. The third-order valence-electron chi connectivity index (χ3n) is 1.62. The van der Waals surface area contributed by atoms with E-state index in [1.54, 1.807) is 13.1 Å². The molecule has 1 rings (SSSR count). The molecule has 1 heterocycles. The zero-order valence-corrected chi connectivity index (χ0v) is 9.60. The Kier molecular flexibility index (Phi) is 4.78. The number of aromatic nitrogens is 2. The Balaban J connectivity index is 2.74. The van der Waals surface area contributed by atoms with Gasteiger partial charge in [-0.15, -0.1) is 12.3 Å². The summed E-state index contributed by atoms with van der Waals surface area (Å²) in [5, 5.41) is 3.63. The molecule has 0 aromatic carbocycles. The highest BCUT2D eigenvalue weighted by Gasteiger charge is 2.03. The van der Waals surface area contributed by atoms with Crippen LogP contribution in [0.3, 0.4) is 0 Å². The van der Waals surface area contributed by atoms with E-state index in [1.165, 1.54) is 11.8 Å². The molecule has 0 aliphatic heterocycles. The van der Waals surface area contributed by atoms with Gasteiger partial charge in [0.15, 0.2) is 5.16 Å². The number of terminal acetylenes is 1. The summed E-state index contributed by atoms with van der Waals surface area (Å²) in [5.41, 5.74) is 0. The van der Waals surface area contributed by atoms with Crippen molar-refractivity contribution in [1.29, 1.82) is 0 Å². The Labute approximate surface area is 93.8 Å². The maximum atomic E-state index is 5.38. The summed E-state index contributed by atoms with van der Waals surface area (Å²) in [5.74, 6) is 3.80. The van der Waals surface area contributed by atoms with Gasteiger partial charge < -0.3 is 10.1 Å². The molecule has 0 amide bonds. The lowest BCUT2D eigenvalue weighted by Gasteiger charge is -2.06. The molecule has 0 radical (unpaired) electrons. The predicted molar refractivity (Wildman–Crippen MR) is 62.3 cm³/mol. The minimum absolute atomic E-state index is 0.477. The number of nitrogens with zero attached hydrogens (tertiary/aromatic N) is 2. The zero-order chi connectivity index (χ0) is 11.1. The Bertz CT molecular complexity index is 340. The Morgan fingerprint density at radius 3 is 3.00 bits per heavy atom. The zero-order valence-electron chi connectivity index (χ0n) is 8.78. The normalized spacial score (nSPS) is 9.40. The second-order valence-electron chi connectivity index (χ2n) is 2.63. The van der Waals surface area contributed by atoms with Crippen LogP contribution < -0.4 is 10.1 Å². The molecule has 0 aliphatic rings. The van der Waals surface area contributed by atoms with Crippen molar-refractivity contribution in [2.45, 2.75) is 11.6 Å². The fourth-order valence-electron chi connectivity index (χ4n) is 0.912. The van der Waals surface area contributed by atoms with E-state index in [9.17, 15) is 0 Å². The van der Waals surface area contributed by atoms with Crippen molar-refractivity contribution in [3.05, 3.63) is 6.07 Å². The molecular weight excluding hydrogens is 210 g/mol. The van der Waals surface area contributed by atoms with Crippen molar-refractivity contribution in [2.24, 2.45) is 0 Å². The van der Waals surface area contributed by atoms with E-state index in [4.69, 9.17) is 11.2 Å². The van der Waals surface area contributed by atoms with Gasteiger partial charge in [-0.05, 0) is 6.26 Å². The summed E-state index contributed by atoms with van der Waals surface area (Å²) >= 11 is 1.47. The second-order valence-corrected chi connectivity index (χ2v) is 3.40. The third-order valence-corrected chi connectivity index (χ3v) is 2.16. The summed E-state index contributed by atoms with van der Waals surface area (Å²) in [6.45, 7) is 0.477. The Morgan fingerprint density at radius 2 is 2.40 bits per heavy atom. The predicted octanol–water partition coefficient (Wildman–Crippen LogP) is 1.64. The van der Waals surface area contributed by atoms with E-state index in [1.807, 2.05) is 6.26 Å². The van der Waals surface area contributed by atoms with Gasteiger partial charge in [0.1, 0.15) is 12.4 Å². The number of anilines is 1. The monoisotopic (exact) mass is 223 g/mol. The van der Waals surface area contributed by atoms with Gasteiger partial charge in [0.05, 0.1) is 0 Å². The maximum absolute atomic E-state index is 5.38. The first-order chi connectivity index (χ1) is 7.30. The van der Waals surface area contributed by atoms with E-state index >= 15 is 0 Å². The number of ether oxygens (including phenoxy) is 1. The summed E-state index contributed by atoms with van der Waals surface area (Å²) < 4.78 is 5.38. The number of hydrogen-bond donors (Lipinski definition) is 1. The van der Waals surface area contributed by atoms with Crippen LogP contribution in [0.5, 0.6) is 5.88 Å². The van der Waals surface area contributed by atoms with Crippen LogP contribution in [-0.2, 0) is 0 Å². The molecule has 0 fully saturated rings. The minimum atomic E-state index is 0.477. The summed E-state index contributed by atoms with van der Waals surface area (Å²) in [7, 11) is 1.80. The van der Waals surface area contributed by atoms with Gasteiger partial charge in [-0.3, -0.25) is 0 Å². The van der Waals surface area contributed by atoms with Crippen LogP contribution >= 0.6 is 11.8 Å². The van der Waals surface area contributed by atoms with E-state index in [2.05, 4.69) is 21.2 Å². The standard InChI is InChI=1S/C10H13N3OS/c1-4-5-6-14-9-7-8(11-2)12-10(13-9)15-3/h1,7H,5-6H2,2-3H3,(H,11,12,13). The van der Waals surface area contributed by atoms with Gasteiger partial charge >= 0.3 is 0 Å². The van der Waals surface area contributed by atoms with Crippen molar-refractivity contribution >= 4 is 17.6 Å². The first-order valence-corrected chi connectivity index (χ1v) is 5.69. The van der Waals surface area contributed by atoms with Crippen LogP contribution in [0.1, 0.15) is 6.42 Å². The van der Waals surface area contributed by atoms with Gasteiger partial charge in [-0.1, -0.05) is 11.8 Å². The average Bonchev–Trinajstić information content (AvgIpc) is 2.29. The maximum Gasteiger partial charge on any atom is 0.219 e. The summed E-state index contributed by atoms with van der Waals surface area (Å²) in [6.07, 6.45) is 7.62. The molecule has 0 unspecified atom stereocenters. The van der Waals surface area contributed by atoms with Crippen molar-refractivity contribution in [3.63, 3.8) is 0 Å². The molecule has 4 nitrogen and oxygen atoms in total. The number of hydrogen-bond acceptors (Lipinski definition) is 5. The van der Waals surface area contributed by atoms with Crippen LogP contribution in [0.2, 0.25) is 0 Å². The molecule has 0 saturated carbocycles. The van der Waals surface area contributed by atoms with Crippen molar-refractivity contribution in [3.8, 4) is 18.2 Å². The van der Waals surface area contributed by atoms with Crippen LogP contribution in [-0.4, -0.2) is 29.9 Å². The molecule has 0 spiro atoms. The lowest BCUT2D eigenvalue weighted by molar-refractivity contribution is 0.311. The van der Waals surface area contributed by atoms with Gasteiger partial charge in [0.2, 0.25) is 5.88 Å². The number of thioether (sulfide) groups is 1. The molecule has 80 valence electrons. The van der Waals surface area contributed by atoms with E-state index in [0.29, 0.717) is 24.1 Å². The van der Waals surface area contributed by atoms with Gasteiger partial charge in [-0.25, -0.2) is 4.98 Å². The Hall–Kier alpha value is -1.41.